The summed E-state index contributed by atoms with van der Waals surface area (Å²) in [6.45, 7) is 23.2. The molecular weight excluding hydrogens is 1000 g/mol. The number of aliphatic hydroxyl groups excluding tert-OH is 6. The first-order valence-corrected chi connectivity index (χ1v) is 29.4. The number of allylic oxidation sites excluding steroid dienone is 4. The third-order valence-corrected chi connectivity index (χ3v) is 20.3. The van der Waals surface area contributed by atoms with Gasteiger partial charge < -0.3 is 68.5 Å². The Kier molecular flexibility index (Phi) is 18.9. The summed E-state index contributed by atoms with van der Waals surface area (Å²) in [4.78, 5) is 44.3. The van der Waals surface area contributed by atoms with Gasteiger partial charge in [0.25, 0.3) is 0 Å². The van der Waals surface area contributed by atoms with Crippen molar-refractivity contribution in [1.29, 1.82) is 0 Å². The van der Waals surface area contributed by atoms with Crippen LogP contribution in [0.15, 0.2) is 46.3 Å². The number of carbonyl (C=O) groups excluding carboxylic acids is 3. The number of fused-ring (bicyclic) bond motifs is 4. The van der Waals surface area contributed by atoms with E-state index in [0.717, 1.165) is 16.7 Å². The Morgan fingerprint density at radius 2 is 1.36 bits per heavy atom. The highest BCUT2D eigenvalue weighted by molar-refractivity contribution is 6.26. The number of hydrogen-bond acceptors (Lipinski definition) is 17. The summed E-state index contributed by atoms with van der Waals surface area (Å²) in [6, 6.07) is 0. The minimum absolute atomic E-state index is 0.0414. The van der Waals surface area contributed by atoms with Crippen molar-refractivity contribution in [3.8, 4) is 0 Å². The second-order valence-corrected chi connectivity index (χ2v) is 25.4. The zero-order valence-electron chi connectivity index (χ0n) is 48.6. The number of ether oxygens (including phenoxy) is 8. The van der Waals surface area contributed by atoms with E-state index in [-0.39, 0.29) is 80.0 Å². The van der Waals surface area contributed by atoms with Crippen molar-refractivity contribution in [2.45, 2.75) is 245 Å². The van der Waals surface area contributed by atoms with Crippen LogP contribution in [0.1, 0.15) is 154 Å². The zero-order chi connectivity index (χ0) is 57.1. The number of esters is 1. The van der Waals surface area contributed by atoms with Crippen molar-refractivity contribution in [3.63, 3.8) is 0 Å². The van der Waals surface area contributed by atoms with Gasteiger partial charge in [0.15, 0.2) is 24.5 Å². The van der Waals surface area contributed by atoms with E-state index < -0.39 is 144 Å². The third kappa shape index (κ3) is 11.1. The monoisotopic (exact) mass is 1100 g/mol. The molecule has 0 unspecified atom stereocenters. The van der Waals surface area contributed by atoms with Gasteiger partial charge in [-0.05, 0) is 90.4 Å². The van der Waals surface area contributed by atoms with E-state index in [0.29, 0.717) is 32.1 Å². The molecule has 4 aliphatic heterocycles. The highest BCUT2D eigenvalue weighted by atomic mass is 16.7. The standard InChI is InChI=1S/C61H94O17/c1-14-39-21-38(28-62)19-31(5)53(75-47-24-44(66)54(36(10)73-47)76-48-25-45(71-13)55(37(11)74-48)77-46-23-43(65)52(67)35(9)72-46)29(3)17-16-18-59(12)26-32(6)33(7)27-61(59)57(69)49(58(70)78-61)56(68)60(15-2)50(39)30(4)20-40-42(64)22-41(63)34(8)51(40)60/h20-21,26,29,31,33-38,40,42-48,50-55,62,64-68H,14-19,22-25,27-28H2,1-13H3/b39-21+,56-49+/t29-,31-,33-,34+,35-,36-,37-,38-,40-,42+,43+,44+,45-,46+,47+,48-,50+,51-,52-,53-,54-,55-,59-,60-,61-/m1/s1. The van der Waals surface area contributed by atoms with Gasteiger partial charge in [-0.3, -0.25) is 9.59 Å². The molecule has 8 aliphatic rings. The van der Waals surface area contributed by atoms with E-state index in [1.165, 1.54) is 0 Å². The number of rotatable bonds is 10. The van der Waals surface area contributed by atoms with Crippen LogP contribution in [-0.4, -0.2) is 154 Å². The summed E-state index contributed by atoms with van der Waals surface area (Å²) >= 11 is 0. The molecule has 0 amide bonds. The maximum Gasteiger partial charge on any atom is 0.346 e. The minimum atomic E-state index is -1.62. The van der Waals surface area contributed by atoms with Crippen molar-refractivity contribution in [3.05, 3.63) is 46.3 Å². The molecule has 0 aromatic rings. The van der Waals surface area contributed by atoms with Gasteiger partial charge in [-0.2, -0.15) is 0 Å². The van der Waals surface area contributed by atoms with Crippen molar-refractivity contribution in [1.82, 2.24) is 0 Å². The van der Waals surface area contributed by atoms with E-state index in [1.807, 2.05) is 68.4 Å². The van der Waals surface area contributed by atoms with Gasteiger partial charge in [-0.25, -0.2) is 4.79 Å². The van der Waals surface area contributed by atoms with Gasteiger partial charge >= 0.3 is 5.97 Å². The normalized spacial score (nSPS) is 49.5. The Morgan fingerprint density at radius 1 is 0.744 bits per heavy atom. The predicted octanol–water partition coefficient (Wildman–Crippen LogP) is 7.28. The lowest BCUT2D eigenvalue weighted by atomic mass is 9.47. The Hall–Kier alpha value is -2.91. The van der Waals surface area contributed by atoms with Crippen molar-refractivity contribution in [2.75, 3.05) is 13.7 Å². The van der Waals surface area contributed by atoms with Gasteiger partial charge in [0.2, 0.25) is 5.78 Å². The molecule has 1 saturated carbocycles. The molecule has 0 aromatic carbocycles. The molecule has 0 aromatic heterocycles. The van der Waals surface area contributed by atoms with Crippen LogP contribution < -0.4 is 0 Å². The number of methoxy groups -OCH3 is 1. The van der Waals surface area contributed by atoms with Crippen LogP contribution in [0.25, 0.3) is 0 Å². The fourth-order valence-corrected chi connectivity index (χ4v) is 16.0. The summed E-state index contributed by atoms with van der Waals surface area (Å²) in [7, 11) is 1.57. The van der Waals surface area contributed by atoms with Crippen LogP contribution in [0.2, 0.25) is 0 Å². The zero-order valence-corrected chi connectivity index (χ0v) is 48.6. The van der Waals surface area contributed by atoms with Crippen molar-refractivity contribution >= 4 is 17.5 Å². The van der Waals surface area contributed by atoms with Crippen LogP contribution in [0.4, 0.5) is 0 Å². The first-order chi connectivity index (χ1) is 36.8. The molecule has 0 radical (unpaired) electrons. The largest absolute Gasteiger partial charge is 0.511 e. The molecule has 4 aliphatic carbocycles. The van der Waals surface area contributed by atoms with Crippen LogP contribution in [0.5, 0.6) is 0 Å². The third-order valence-electron chi connectivity index (χ3n) is 20.3. The molecule has 6 N–H and O–H groups in total. The molecule has 4 heterocycles. The molecular formula is C61H94O17. The van der Waals surface area contributed by atoms with Crippen LogP contribution in [0.3, 0.4) is 0 Å². The van der Waals surface area contributed by atoms with E-state index in [2.05, 4.69) is 26.0 Å². The predicted molar refractivity (Wildman–Crippen MR) is 287 cm³/mol. The quantitative estimate of drug-likeness (QED) is 0.0715. The summed E-state index contributed by atoms with van der Waals surface area (Å²) in [6.07, 6.45) is -0.691. The number of aliphatic hydroxyl groups is 6. The molecule has 8 rings (SSSR count). The Labute approximate surface area is 462 Å². The molecule has 17 heteroatoms. The molecule has 440 valence electrons. The molecule has 17 nitrogen and oxygen atoms in total. The number of ketones is 2. The molecule has 4 saturated heterocycles. The lowest BCUT2D eigenvalue weighted by molar-refractivity contribution is -0.338. The lowest BCUT2D eigenvalue weighted by Crippen LogP contribution is -2.57. The summed E-state index contributed by atoms with van der Waals surface area (Å²) in [5.74, 6) is -5.19. The summed E-state index contributed by atoms with van der Waals surface area (Å²) < 4.78 is 51.0. The molecule has 1 spiro atoms. The number of carbonyl (C=O) groups is 3. The SMILES string of the molecule is CC/C1=C\[C@H](CO)C[C@@H](C)[C@H](O[C@H]2C[C@H](O)[C@H](O[C@@H]3C[C@@H](OC)[C@H](O[C@H]4C[C@H](O)[C@H](O)[C@@H](C)O4)[C@@H](C)O3)[C@@H](C)O2)[C@H](C)CCC[C@]2(C)C=C(C)[C@H](C)C[C@]23OC(=O)/C(=C(/O)[C@@]2(CC)[C@H]4[C@H](C=C(C)[C@@H]12)[C@@H](O)CC(=O)[C@@H]4C)C3=O. The van der Waals surface area contributed by atoms with E-state index in [4.69, 9.17) is 37.9 Å². The fraction of sp³-hybridized carbons (Fsp3) is 0.820. The number of Topliss-reactive ketones (excluding diaryl/α,β-unsaturated/α-hetero) is 2. The smallest absolute Gasteiger partial charge is 0.346 e. The molecule has 25 atom stereocenters. The van der Waals surface area contributed by atoms with Gasteiger partial charge in [0, 0.05) is 80.3 Å². The Bertz CT molecular complexity index is 2290. The molecule has 78 heavy (non-hydrogen) atoms. The summed E-state index contributed by atoms with van der Waals surface area (Å²) in [5.41, 5.74) is -1.54. The van der Waals surface area contributed by atoms with E-state index in [9.17, 15) is 40.2 Å². The van der Waals surface area contributed by atoms with Crippen molar-refractivity contribution in [2.24, 2.45) is 58.2 Å². The lowest BCUT2D eigenvalue weighted by Gasteiger charge is -2.56. The van der Waals surface area contributed by atoms with Crippen LogP contribution >= 0.6 is 0 Å². The topological polar surface area (TPSA) is 246 Å². The highest BCUT2D eigenvalue weighted by Crippen LogP contribution is 2.64. The first-order valence-electron chi connectivity index (χ1n) is 29.4. The van der Waals surface area contributed by atoms with Gasteiger partial charge in [0.05, 0.1) is 48.8 Å². The second kappa shape index (κ2) is 24.1. The molecule has 5 fully saturated rings. The van der Waals surface area contributed by atoms with Gasteiger partial charge in [-0.1, -0.05) is 89.8 Å². The second-order valence-electron chi connectivity index (χ2n) is 25.4. The maximum atomic E-state index is 15.7. The Balaban J connectivity index is 1.09. The summed E-state index contributed by atoms with van der Waals surface area (Å²) in [5, 5.41) is 68.8. The van der Waals surface area contributed by atoms with Gasteiger partial charge in [-0.15, -0.1) is 0 Å². The van der Waals surface area contributed by atoms with Crippen molar-refractivity contribution < 1.29 is 82.9 Å². The number of hydrogen-bond donors (Lipinski definition) is 6. The van der Waals surface area contributed by atoms with Gasteiger partial charge in [0.1, 0.15) is 35.4 Å². The van der Waals surface area contributed by atoms with E-state index >= 15 is 4.79 Å². The molecule has 2 bridgehead atoms. The van der Waals surface area contributed by atoms with E-state index in [1.54, 1.807) is 14.0 Å². The maximum absolute atomic E-state index is 15.7. The average molecular weight is 1100 g/mol. The van der Waals surface area contributed by atoms with Crippen LogP contribution in [0, 0.1) is 58.2 Å². The van der Waals surface area contributed by atoms with Crippen LogP contribution in [-0.2, 0) is 52.3 Å². The minimum Gasteiger partial charge on any atom is -0.511 e. The highest BCUT2D eigenvalue weighted by Gasteiger charge is 2.67. The Morgan fingerprint density at radius 3 is 1.97 bits per heavy atom. The fourth-order valence-electron chi connectivity index (χ4n) is 16.0. The first kappa shape index (κ1) is 61.2. The average Bonchev–Trinajstić information content (AvgIpc) is 3.88.